The smallest absolute Gasteiger partial charge is 0.282 e. The Morgan fingerprint density at radius 1 is 1.23 bits per heavy atom. The number of morpholine rings is 1. The number of benzene rings is 2. The summed E-state index contributed by atoms with van der Waals surface area (Å²) in [4.78, 5) is 30.5. The number of hydrogen-bond acceptors (Lipinski definition) is 6. The van der Waals surface area contributed by atoms with Gasteiger partial charge in [0.2, 0.25) is 0 Å². The molecule has 2 aromatic carbocycles. The van der Waals surface area contributed by atoms with Crippen LogP contribution < -0.4 is 5.32 Å². The molecule has 9 nitrogen and oxygen atoms in total. The maximum absolute atomic E-state index is 12.7. The Hall–Kier alpha value is -3.30. The fourth-order valence-electron chi connectivity index (χ4n) is 3.83. The van der Waals surface area contributed by atoms with Crippen LogP contribution in [-0.2, 0) is 17.8 Å². The Bertz CT molecular complexity index is 1100. The highest BCUT2D eigenvalue weighted by Gasteiger charge is 2.20. The Labute approximate surface area is 179 Å². The third kappa shape index (κ3) is 4.57. The van der Waals surface area contributed by atoms with Crippen molar-refractivity contribution in [3.63, 3.8) is 0 Å². The van der Waals surface area contributed by atoms with Gasteiger partial charge in [0, 0.05) is 31.4 Å². The van der Waals surface area contributed by atoms with E-state index in [2.05, 4.69) is 21.7 Å². The summed E-state index contributed by atoms with van der Waals surface area (Å²) in [5.41, 5.74) is 2.15. The first-order chi connectivity index (χ1) is 15.1. The van der Waals surface area contributed by atoms with E-state index in [0.717, 1.165) is 62.7 Å². The number of nitro groups is 1. The molecule has 0 bridgehead atoms. The lowest BCUT2D eigenvalue weighted by Gasteiger charge is -2.26. The van der Waals surface area contributed by atoms with Crippen LogP contribution in [0.15, 0.2) is 42.5 Å². The zero-order chi connectivity index (χ0) is 21.8. The minimum atomic E-state index is -0.553. The standard InChI is InChI=1S/C22H25N5O4/c1-2-9-26-20-8-7-16(23-22(28)17-5-3-4-6-19(17)27(29)30)14-18(20)24-21(26)15-25-10-12-31-13-11-25/h3-8,14H,2,9-13,15H2,1H3,(H,23,28). The highest BCUT2D eigenvalue weighted by molar-refractivity contribution is 6.07. The Balaban J connectivity index is 1.60. The molecular weight excluding hydrogens is 398 g/mol. The number of carbonyl (C=O) groups excluding carboxylic acids is 1. The molecule has 0 spiro atoms. The van der Waals surface area contributed by atoms with E-state index >= 15 is 0 Å². The minimum absolute atomic E-state index is 0.0251. The molecule has 0 unspecified atom stereocenters. The fourth-order valence-corrected chi connectivity index (χ4v) is 3.83. The first kappa shape index (κ1) is 21.0. The summed E-state index contributed by atoms with van der Waals surface area (Å²) >= 11 is 0. The van der Waals surface area contributed by atoms with Gasteiger partial charge in [-0.25, -0.2) is 4.98 Å². The molecule has 0 radical (unpaired) electrons. The summed E-state index contributed by atoms with van der Waals surface area (Å²) < 4.78 is 7.66. The minimum Gasteiger partial charge on any atom is -0.379 e. The molecule has 1 N–H and O–H groups in total. The highest BCUT2D eigenvalue weighted by Crippen LogP contribution is 2.24. The van der Waals surface area contributed by atoms with Crippen molar-refractivity contribution in [1.82, 2.24) is 14.5 Å². The molecule has 1 aliphatic rings. The molecule has 0 saturated carbocycles. The molecule has 2 heterocycles. The van der Waals surface area contributed by atoms with Crippen LogP contribution in [0.1, 0.15) is 29.5 Å². The monoisotopic (exact) mass is 423 g/mol. The first-order valence-electron chi connectivity index (χ1n) is 10.4. The van der Waals surface area contributed by atoms with E-state index in [9.17, 15) is 14.9 Å². The third-order valence-corrected chi connectivity index (χ3v) is 5.35. The second-order valence-electron chi connectivity index (χ2n) is 7.50. The number of rotatable bonds is 7. The van der Waals surface area contributed by atoms with Crippen LogP contribution >= 0.6 is 0 Å². The zero-order valence-electron chi connectivity index (χ0n) is 17.4. The second kappa shape index (κ2) is 9.23. The number of hydrogen-bond donors (Lipinski definition) is 1. The van der Waals surface area contributed by atoms with Gasteiger partial charge < -0.3 is 14.6 Å². The predicted molar refractivity (Wildman–Crippen MR) is 117 cm³/mol. The number of nitro benzene ring substituents is 1. The predicted octanol–water partition coefficient (Wildman–Crippen LogP) is 3.44. The van der Waals surface area contributed by atoms with Crippen molar-refractivity contribution in [3.8, 4) is 0 Å². The van der Waals surface area contributed by atoms with Crippen molar-refractivity contribution in [3.05, 3.63) is 64.0 Å². The summed E-state index contributed by atoms with van der Waals surface area (Å²) in [5, 5.41) is 14.0. The summed E-state index contributed by atoms with van der Waals surface area (Å²) in [7, 11) is 0. The number of aromatic nitrogens is 2. The molecular formula is C22H25N5O4. The average molecular weight is 423 g/mol. The zero-order valence-corrected chi connectivity index (χ0v) is 17.4. The van der Waals surface area contributed by atoms with Gasteiger partial charge in [0.15, 0.2) is 0 Å². The number of aryl methyl sites for hydroxylation is 1. The van der Waals surface area contributed by atoms with Gasteiger partial charge >= 0.3 is 0 Å². The number of nitrogens with zero attached hydrogens (tertiary/aromatic N) is 4. The van der Waals surface area contributed by atoms with Gasteiger partial charge in [-0.15, -0.1) is 0 Å². The lowest BCUT2D eigenvalue weighted by Crippen LogP contribution is -2.36. The molecule has 9 heteroatoms. The molecule has 0 aliphatic carbocycles. The van der Waals surface area contributed by atoms with E-state index in [4.69, 9.17) is 9.72 Å². The van der Waals surface area contributed by atoms with Crippen molar-refractivity contribution in [2.24, 2.45) is 0 Å². The molecule has 1 saturated heterocycles. The SMILES string of the molecule is CCCn1c(CN2CCOCC2)nc2cc(NC(=O)c3ccccc3[N+](=O)[O-])ccc21. The number of fused-ring (bicyclic) bond motifs is 1. The number of carbonyl (C=O) groups is 1. The number of imidazole rings is 1. The van der Waals surface area contributed by atoms with Crippen molar-refractivity contribution in [2.45, 2.75) is 26.4 Å². The van der Waals surface area contributed by atoms with E-state index < -0.39 is 10.8 Å². The van der Waals surface area contributed by atoms with Crippen LogP contribution in [0.3, 0.4) is 0 Å². The maximum atomic E-state index is 12.7. The van der Waals surface area contributed by atoms with E-state index in [1.54, 1.807) is 12.1 Å². The first-order valence-corrected chi connectivity index (χ1v) is 10.4. The normalized spacial score (nSPS) is 14.6. The fraction of sp³-hybridized carbons (Fsp3) is 0.364. The lowest BCUT2D eigenvalue weighted by atomic mass is 10.1. The largest absolute Gasteiger partial charge is 0.379 e. The Morgan fingerprint density at radius 3 is 2.74 bits per heavy atom. The third-order valence-electron chi connectivity index (χ3n) is 5.35. The Morgan fingerprint density at radius 2 is 2.00 bits per heavy atom. The molecule has 162 valence electrons. The van der Waals surface area contributed by atoms with Crippen LogP contribution in [0.25, 0.3) is 11.0 Å². The molecule has 1 aromatic heterocycles. The summed E-state index contributed by atoms with van der Waals surface area (Å²) in [6, 6.07) is 11.5. The van der Waals surface area contributed by atoms with Gasteiger partial charge in [-0.1, -0.05) is 19.1 Å². The van der Waals surface area contributed by atoms with Crippen molar-refractivity contribution in [2.75, 3.05) is 31.6 Å². The van der Waals surface area contributed by atoms with Gasteiger partial charge in [0.25, 0.3) is 11.6 Å². The summed E-state index contributed by atoms with van der Waals surface area (Å²) in [6.07, 6.45) is 0.984. The summed E-state index contributed by atoms with van der Waals surface area (Å²) in [6.45, 7) is 6.96. The molecule has 4 rings (SSSR count). The highest BCUT2D eigenvalue weighted by atomic mass is 16.6. The molecule has 1 fully saturated rings. The van der Waals surface area contributed by atoms with Crippen LogP contribution in [0, 0.1) is 10.1 Å². The number of para-hydroxylation sites is 1. The van der Waals surface area contributed by atoms with Gasteiger partial charge in [0.1, 0.15) is 11.4 Å². The van der Waals surface area contributed by atoms with E-state index in [0.29, 0.717) is 5.69 Å². The molecule has 31 heavy (non-hydrogen) atoms. The van der Waals surface area contributed by atoms with Crippen molar-refractivity contribution >= 4 is 28.3 Å². The van der Waals surface area contributed by atoms with E-state index in [-0.39, 0.29) is 11.3 Å². The molecule has 3 aromatic rings. The number of anilines is 1. The molecule has 0 atom stereocenters. The molecule has 1 aliphatic heterocycles. The quantitative estimate of drug-likeness (QED) is 0.461. The van der Waals surface area contributed by atoms with Gasteiger partial charge in [-0.2, -0.15) is 0 Å². The van der Waals surface area contributed by atoms with Crippen molar-refractivity contribution in [1.29, 1.82) is 0 Å². The Kier molecular flexibility index (Phi) is 6.24. The van der Waals surface area contributed by atoms with Crippen LogP contribution in [0.2, 0.25) is 0 Å². The number of nitrogens with one attached hydrogen (secondary N) is 1. The number of amides is 1. The summed E-state index contributed by atoms with van der Waals surface area (Å²) in [5.74, 6) is 0.467. The van der Waals surface area contributed by atoms with Crippen LogP contribution in [0.4, 0.5) is 11.4 Å². The van der Waals surface area contributed by atoms with Gasteiger partial charge in [-0.3, -0.25) is 19.8 Å². The van der Waals surface area contributed by atoms with Crippen LogP contribution in [0.5, 0.6) is 0 Å². The lowest BCUT2D eigenvalue weighted by molar-refractivity contribution is -0.385. The topological polar surface area (TPSA) is 103 Å². The van der Waals surface area contributed by atoms with Gasteiger partial charge in [0.05, 0.1) is 35.7 Å². The van der Waals surface area contributed by atoms with Crippen LogP contribution in [-0.4, -0.2) is 51.6 Å². The number of ether oxygens (including phenoxy) is 1. The van der Waals surface area contributed by atoms with Crippen molar-refractivity contribution < 1.29 is 14.5 Å². The maximum Gasteiger partial charge on any atom is 0.282 e. The second-order valence-corrected chi connectivity index (χ2v) is 7.50. The van der Waals surface area contributed by atoms with Gasteiger partial charge in [-0.05, 0) is 30.7 Å². The van der Waals surface area contributed by atoms with E-state index in [1.165, 1.54) is 18.2 Å². The van der Waals surface area contributed by atoms with E-state index in [1.807, 2.05) is 12.1 Å². The average Bonchev–Trinajstić information content (AvgIpc) is 3.11. The molecule has 1 amide bonds.